The lowest BCUT2D eigenvalue weighted by atomic mass is 10.0. The Labute approximate surface area is 152 Å². The van der Waals surface area contributed by atoms with Crippen molar-refractivity contribution >= 4 is 17.9 Å². The number of hydroxylamine groups is 1. The van der Waals surface area contributed by atoms with Crippen LogP contribution >= 0.6 is 0 Å². The lowest BCUT2D eigenvalue weighted by Crippen LogP contribution is -2.28. The first kappa shape index (κ1) is 19.2. The highest BCUT2D eigenvalue weighted by molar-refractivity contribution is 5.98. The van der Waals surface area contributed by atoms with Crippen LogP contribution in [0.4, 0.5) is 0 Å². The van der Waals surface area contributed by atoms with E-state index in [1.165, 1.54) is 12.1 Å². The second-order valence-electron chi connectivity index (χ2n) is 5.66. The third-order valence-corrected chi connectivity index (χ3v) is 3.67. The number of nitrogens with one attached hydrogen (secondary N) is 2. The van der Waals surface area contributed by atoms with E-state index >= 15 is 0 Å². The van der Waals surface area contributed by atoms with Crippen molar-refractivity contribution in [2.24, 2.45) is 0 Å². The molecule has 0 saturated carbocycles. The fourth-order valence-corrected chi connectivity index (χ4v) is 2.39. The Morgan fingerprint density at radius 2 is 1.85 bits per heavy atom. The minimum Gasteiger partial charge on any atom is -0.492 e. The molecule has 0 aliphatic heterocycles. The highest BCUT2D eigenvalue weighted by atomic mass is 16.5. The second-order valence-corrected chi connectivity index (χ2v) is 5.66. The van der Waals surface area contributed by atoms with E-state index in [1.807, 2.05) is 44.2 Å². The van der Waals surface area contributed by atoms with Crippen molar-refractivity contribution in [3.8, 4) is 5.75 Å². The SMILES string of the molecule is CC=Cc1ccc(C)cc1C(=O)NCCOc1ccc(C(=O)NO)cc1. The van der Waals surface area contributed by atoms with Crippen molar-refractivity contribution in [1.82, 2.24) is 10.8 Å². The second kappa shape index (κ2) is 9.39. The van der Waals surface area contributed by atoms with Crippen molar-refractivity contribution in [2.75, 3.05) is 13.2 Å². The molecule has 0 aromatic heterocycles. The monoisotopic (exact) mass is 354 g/mol. The number of carbonyl (C=O) groups excluding carboxylic acids is 2. The van der Waals surface area contributed by atoms with Crippen molar-refractivity contribution < 1.29 is 19.5 Å². The lowest BCUT2D eigenvalue weighted by molar-refractivity contribution is 0.0706. The van der Waals surface area contributed by atoms with E-state index in [4.69, 9.17) is 9.94 Å². The molecule has 136 valence electrons. The third-order valence-electron chi connectivity index (χ3n) is 3.67. The number of ether oxygens (including phenoxy) is 1. The molecule has 0 radical (unpaired) electrons. The number of allylic oxidation sites excluding steroid dienone is 1. The van der Waals surface area contributed by atoms with Crippen LogP contribution in [0.15, 0.2) is 48.5 Å². The summed E-state index contributed by atoms with van der Waals surface area (Å²) in [6, 6.07) is 12.1. The summed E-state index contributed by atoms with van der Waals surface area (Å²) in [7, 11) is 0. The molecular weight excluding hydrogens is 332 g/mol. The van der Waals surface area contributed by atoms with Gasteiger partial charge in [0.2, 0.25) is 0 Å². The Balaban J connectivity index is 1.87. The largest absolute Gasteiger partial charge is 0.492 e. The average Bonchev–Trinajstić information content (AvgIpc) is 2.66. The Morgan fingerprint density at radius 1 is 1.12 bits per heavy atom. The molecule has 0 bridgehead atoms. The molecule has 0 heterocycles. The molecule has 0 unspecified atom stereocenters. The zero-order valence-electron chi connectivity index (χ0n) is 14.8. The summed E-state index contributed by atoms with van der Waals surface area (Å²) in [6.45, 7) is 4.49. The van der Waals surface area contributed by atoms with Crippen molar-refractivity contribution in [1.29, 1.82) is 0 Å². The van der Waals surface area contributed by atoms with E-state index < -0.39 is 5.91 Å². The number of hydrogen-bond donors (Lipinski definition) is 3. The van der Waals surface area contributed by atoms with Crippen LogP contribution in [0, 0.1) is 6.92 Å². The first-order chi connectivity index (χ1) is 12.5. The lowest BCUT2D eigenvalue weighted by Gasteiger charge is -2.10. The van der Waals surface area contributed by atoms with Gasteiger partial charge in [0.25, 0.3) is 11.8 Å². The summed E-state index contributed by atoms with van der Waals surface area (Å²) >= 11 is 0. The quantitative estimate of drug-likeness (QED) is 0.405. The molecule has 0 aliphatic rings. The van der Waals surface area contributed by atoms with Crippen LogP contribution in [-0.4, -0.2) is 30.2 Å². The zero-order valence-corrected chi connectivity index (χ0v) is 14.8. The van der Waals surface area contributed by atoms with Gasteiger partial charge in [-0.25, -0.2) is 5.48 Å². The molecule has 0 fully saturated rings. The van der Waals surface area contributed by atoms with Crippen molar-refractivity contribution in [3.63, 3.8) is 0 Å². The standard InChI is InChI=1S/C20H22N2O4/c1-3-4-15-6-5-14(2)13-18(15)20(24)21-11-12-26-17-9-7-16(8-10-17)19(23)22-25/h3-10,13,25H,11-12H2,1-2H3,(H,21,24)(H,22,23). The summed E-state index contributed by atoms with van der Waals surface area (Å²) in [5, 5.41) is 11.4. The molecule has 0 saturated heterocycles. The molecule has 6 heteroatoms. The third kappa shape index (κ3) is 5.19. The van der Waals surface area contributed by atoms with E-state index in [-0.39, 0.29) is 5.91 Å². The Bertz CT molecular complexity index is 798. The van der Waals surface area contributed by atoms with Gasteiger partial charge in [0.05, 0.1) is 6.54 Å². The predicted octanol–water partition coefficient (Wildman–Crippen LogP) is 2.96. The Kier molecular flexibility index (Phi) is 6.93. The summed E-state index contributed by atoms with van der Waals surface area (Å²) in [5.74, 6) is -0.168. The molecule has 2 aromatic rings. The van der Waals surface area contributed by atoms with E-state index in [0.717, 1.165) is 11.1 Å². The molecule has 3 N–H and O–H groups in total. The van der Waals surface area contributed by atoms with Gasteiger partial charge in [-0.2, -0.15) is 0 Å². The fraction of sp³-hybridized carbons (Fsp3) is 0.200. The molecule has 0 spiro atoms. The first-order valence-corrected chi connectivity index (χ1v) is 8.24. The number of aryl methyl sites for hydroxylation is 1. The molecule has 0 aliphatic carbocycles. The van der Waals surface area contributed by atoms with E-state index in [0.29, 0.717) is 30.0 Å². The van der Waals surface area contributed by atoms with Crippen LogP contribution in [-0.2, 0) is 0 Å². The molecule has 2 amide bonds. The van der Waals surface area contributed by atoms with Gasteiger partial charge >= 0.3 is 0 Å². The van der Waals surface area contributed by atoms with E-state index in [1.54, 1.807) is 17.6 Å². The summed E-state index contributed by atoms with van der Waals surface area (Å²) < 4.78 is 5.54. The van der Waals surface area contributed by atoms with Gasteiger partial charge in [0, 0.05) is 11.1 Å². The van der Waals surface area contributed by atoms with Crippen molar-refractivity contribution in [3.05, 3.63) is 70.8 Å². The summed E-state index contributed by atoms with van der Waals surface area (Å²) in [5.41, 5.74) is 4.41. The highest BCUT2D eigenvalue weighted by Crippen LogP contribution is 2.14. The number of amides is 2. The first-order valence-electron chi connectivity index (χ1n) is 8.24. The summed E-state index contributed by atoms with van der Waals surface area (Å²) in [4.78, 5) is 23.6. The highest BCUT2D eigenvalue weighted by Gasteiger charge is 2.10. The summed E-state index contributed by atoms with van der Waals surface area (Å²) in [6.07, 6.45) is 3.79. The minimum atomic E-state index is -0.584. The zero-order chi connectivity index (χ0) is 18.9. The maximum atomic E-state index is 12.4. The van der Waals surface area contributed by atoms with Crippen LogP contribution in [0.5, 0.6) is 5.75 Å². The van der Waals surface area contributed by atoms with Gasteiger partial charge in [-0.15, -0.1) is 0 Å². The van der Waals surface area contributed by atoms with Gasteiger partial charge in [-0.3, -0.25) is 14.8 Å². The van der Waals surface area contributed by atoms with Crippen molar-refractivity contribution in [2.45, 2.75) is 13.8 Å². The normalized spacial score (nSPS) is 10.6. The van der Waals surface area contributed by atoms with Gasteiger partial charge < -0.3 is 10.1 Å². The smallest absolute Gasteiger partial charge is 0.274 e. The fourth-order valence-electron chi connectivity index (χ4n) is 2.39. The minimum absolute atomic E-state index is 0.152. The molecule has 6 nitrogen and oxygen atoms in total. The van der Waals surface area contributed by atoms with Crippen LogP contribution in [0.25, 0.3) is 6.08 Å². The maximum absolute atomic E-state index is 12.4. The van der Waals surface area contributed by atoms with Crippen LogP contribution in [0.2, 0.25) is 0 Å². The molecule has 0 atom stereocenters. The number of carbonyl (C=O) groups is 2. The maximum Gasteiger partial charge on any atom is 0.274 e. The van der Waals surface area contributed by atoms with E-state index in [2.05, 4.69) is 5.32 Å². The molecule has 26 heavy (non-hydrogen) atoms. The van der Waals surface area contributed by atoms with Gasteiger partial charge in [-0.05, 0) is 49.7 Å². The molecule has 2 rings (SSSR count). The van der Waals surface area contributed by atoms with E-state index in [9.17, 15) is 9.59 Å². The van der Waals surface area contributed by atoms with Gasteiger partial charge in [0.15, 0.2) is 0 Å². The Hall–Kier alpha value is -3.12. The number of rotatable bonds is 7. The van der Waals surface area contributed by atoms with Crippen LogP contribution in [0.1, 0.15) is 38.8 Å². The molecule has 2 aromatic carbocycles. The van der Waals surface area contributed by atoms with Gasteiger partial charge in [-0.1, -0.05) is 29.8 Å². The van der Waals surface area contributed by atoms with Crippen LogP contribution < -0.4 is 15.5 Å². The topological polar surface area (TPSA) is 87.7 Å². The number of hydrogen-bond acceptors (Lipinski definition) is 4. The predicted molar refractivity (Wildman–Crippen MR) is 99.4 cm³/mol. The number of benzene rings is 2. The van der Waals surface area contributed by atoms with Crippen LogP contribution in [0.3, 0.4) is 0 Å². The van der Waals surface area contributed by atoms with Gasteiger partial charge in [0.1, 0.15) is 12.4 Å². The average molecular weight is 354 g/mol. The molecular formula is C20H22N2O4. The Morgan fingerprint density at radius 3 is 2.50 bits per heavy atom.